The largest absolute Gasteiger partial charge is 0.481 e. The van der Waals surface area contributed by atoms with E-state index in [9.17, 15) is 9.59 Å². The van der Waals surface area contributed by atoms with Crippen LogP contribution >= 0.6 is 15.9 Å². The Balaban J connectivity index is 2.71. The number of nitrogens with one attached hydrogen (secondary N) is 1. The van der Waals surface area contributed by atoms with Crippen molar-refractivity contribution >= 4 is 27.8 Å². The van der Waals surface area contributed by atoms with Crippen LogP contribution in [0.25, 0.3) is 0 Å². The van der Waals surface area contributed by atoms with Crippen molar-refractivity contribution in [2.24, 2.45) is 0 Å². The lowest BCUT2D eigenvalue weighted by Gasteiger charge is -2.15. The molecule has 5 nitrogen and oxygen atoms in total. The molecule has 0 saturated heterocycles. The Morgan fingerprint density at radius 2 is 2.29 bits per heavy atom. The van der Waals surface area contributed by atoms with Gasteiger partial charge in [-0.3, -0.25) is 9.59 Å². The minimum Gasteiger partial charge on any atom is -0.481 e. The van der Waals surface area contributed by atoms with Gasteiger partial charge in [0.05, 0.1) is 12.0 Å². The number of halogens is 1. The van der Waals surface area contributed by atoms with Gasteiger partial charge in [-0.25, -0.2) is 4.98 Å². The van der Waals surface area contributed by atoms with Gasteiger partial charge in [-0.2, -0.15) is 0 Å². The van der Waals surface area contributed by atoms with Crippen molar-refractivity contribution in [3.05, 3.63) is 28.5 Å². The predicted octanol–water partition coefficient (Wildman–Crippen LogP) is 1.83. The molecule has 0 aliphatic carbocycles. The van der Waals surface area contributed by atoms with E-state index in [4.69, 9.17) is 5.11 Å². The Morgan fingerprint density at radius 1 is 1.59 bits per heavy atom. The molecule has 0 saturated carbocycles. The second-order valence-corrected chi connectivity index (χ2v) is 4.27. The van der Waals surface area contributed by atoms with Crippen molar-refractivity contribution in [2.75, 3.05) is 0 Å². The molecule has 1 rings (SSSR count). The molecule has 6 heteroatoms. The smallest absolute Gasteiger partial charge is 0.305 e. The minimum atomic E-state index is -0.928. The number of rotatable bonds is 5. The number of hydrogen-bond donors (Lipinski definition) is 2. The van der Waals surface area contributed by atoms with Crippen LogP contribution in [0.3, 0.4) is 0 Å². The summed E-state index contributed by atoms with van der Waals surface area (Å²) in [6.45, 7) is 1.83. The molecule has 1 aromatic rings. The van der Waals surface area contributed by atoms with Crippen LogP contribution in [-0.4, -0.2) is 28.0 Å². The lowest BCUT2D eigenvalue weighted by atomic mass is 10.1. The highest BCUT2D eigenvalue weighted by atomic mass is 79.9. The first kappa shape index (κ1) is 13.6. The summed E-state index contributed by atoms with van der Waals surface area (Å²) in [5.74, 6) is -1.25. The van der Waals surface area contributed by atoms with E-state index < -0.39 is 5.97 Å². The maximum atomic E-state index is 11.8. The number of carboxylic acids is 1. The molecule has 1 atom stereocenters. The molecule has 1 unspecified atom stereocenters. The Hall–Kier alpha value is -1.43. The van der Waals surface area contributed by atoms with Crippen LogP contribution in [0.4, 0.5) is 0 Å². The molecular formula is C11H13BrN2O3. The van der Waals surface area contributed by atoms with Crippen molar-refractivity contribution in [1.82, 2.24) is 10.3 Å². The van der Waals surface area contributed by atoms with Crippen LogP contribution in [0.2, 0.25) is 0 Å². The SMILES string of the molecule is CCC(CC(=O)O)NC(=O)c1cccnc1Br. The fraction of sp³-hybridized carbons (Fsp3) is 0.364. The van der Waals surface area contributed by atoms with Crippen LogP contribution in [0, 0.1) is 0 Å². The normalized spacial score (nSPS) is 11.9. The molecule has 0 bridgehead atoms. The molecule has 0 fully saturated rings. The number of pyridine rings is 1. The fourth-order valence-corrected chi connectivity index (χ4v) is 1.76. The maximum Gasteiger partial charge on any atom is 0.305 e. The zero-order valence-electron chi connectivity index (χ0n) is 9.31. The molecular weight excluding hydrogens is 288 g/mol. The average molecular weight is 301 g/mol. The van der Waals surface area contributed by atoms with Crippen LogP contribution in [0.1, 0.15) is 30.1 Å². The van der Waals surface area contributed by atoms with E-state index in [1.165, 1.54) is 0 Å². The fourth-order valence-electron chi connectivity index (χ4n) is 1.33. The second-order valence-electron chi connectivity index (χ2n) is 3.52. The van der Waals surface area contributed by atoms with Gasteiger partial charge in [-0.05, 0) is 34.5 Å². The molecule has 1 aromatic heterocycles. The van der Waals surface area contributed by atoms with E-state index in [2.05, 4.69) is 26.2 Å². The van der Waals surface area contributed by atoms with Gasteiger partial charge >= 0.3 is 5.97 Å². The Kier molecular flexibility index (Phi) is 5.09. The third-order valence-corrected chi connectivity index (χ3v) is 2.88. The molecule has 1 amide bonds. The Bertz CT molecular complexity index is 423. The van der Waals surface area contributed by atoms with Crippen LogP contribution in [-0.2, 0) is 4.79 Å². The summed E-state index contributed by atoms with van der Waals surface area (Å²) in [6, 6.07) is 2.91. The minimum absolute atomic E-state index is 0.0832. The summed E-state index contributed by atoms with van der Waals surface area (Å²) in [6.07, 6.45) is 2.05. The highest BCUT2D eigenvalue weighted by Crippen LogP contribution is 2.13. The number of carboxylic acid groups (broad SMARTS) is 1. The van der Waals surface area contributed by atoms with Crippen molar-refractivity contribution in [2.45, 2.75) is 25.8 Å². The summed E-state index contributed by atoms with van der Waals surface area (Å²) in [5, 5.41) is 11.3. The molecule has 17 heavy (non-hydrogen) atoms. The quantitative estimate of drug-likeness (QED) is 0.813. The van der Waals surface area contributed by atoms with Gasteiger partial charge in [0.25, 0.3) is 5.91 Å². The highest BCUT2D eigenvalue weighted by molar-refractivity contribution is 9.10. The lowest BCUT2D eigenvalue weighted by molar-refractivity contribution is -0.137. The van der Waals surface area contributed by atoms with E-state index in [1.54, 1.807) is 18.3 Å². The summed E-state index contributed by atoms with van der Waals surface area (Å²) in [4.78, 5) is 26.4. The first-order chi connectivity index (χ1) is 8.04. The van der Waals surface area contributed by atoms with Gasteiger partial charge in [0, 0.05) is 12.2 Å². The van der Waals surface area contributed by atoms with E-state index in [-0.39, 0.29) is 18.4 Å². The van der Waals surface area contributed by atoms with Crippen molar-refractivity contribution in [1.29, 1.82) is 0 Å². The van der Waals surface area contributed by atoms with E-state index in [0.29, 0.717) is 16.6 Å². The lowest BCUT2D eigenvalue weighted by Crippen LogP contribution is -2.36. The van der Waals surface area contributed by atoms with Crippen molar-refractivity contribution in [3.63, 3.8) is 0 Å². The van der Waals surface area contributed by atoms with E-state index >= 15 is 0 Å². The maximum absolute atomic E-state index is 11.8. The van der Waals surface area contributed by atoms with Crippen LogP contribution in [0.5, 0.6) is 0 Å². The van der Waals surface area contributed by atoms with Crippen molar-refractivity contribution in [3.8, 4) is 0 Å². The summed E-state index contributed by atoms with van der Waals surface area (Å²) in [7, 11) is 0. The Labute approximate surface area is 107 Å². The van der Waals surface area contributed by atoms with E-state index in [0.717, 1.165) is 0 Å². The molecule has 0 radical (unpaired) electrons. The van der Waals surface area contributed by atoms with Crippen LogP contribution in [0.15, 0.2) is 22.9 Å². The van der Waals surface area contributed by atoms with Gasteiger partial charge in [-0.15, -0.1) is 0 Å². The van der Waals surface area contributed by atoms with Gasteiger partial charge in [-0.1, -0.05) is 6.92 Å². The van der Waals surface area contributed by atoms with Gasteiger partial charge in [0.1, 0.15) is 4.60 Å². The first-order valence-corrected chi connectivity index (χ1v) is 5.97. The number of hydrogen-bond acceptors (Lipinski definition) is 3. The zero-order chi connectivity index (χ0) is 12.8. The number of aromatic nitrogens is 1. The van der Waals surface area contributed by atoms with Crippen LogP contribution < -0.4 is 5.32 Å². The number of carbonyl (C=O) groups is 2. The summed E-state index contributed by atoms with van der Waals surface area (Å²) >= 11 is 3.17. The van der Waals surface area contributed by atoms with Gasteiger partial charge < -0.3 is 10.4 Å². The van der Waals surface area contributed by atoms with Gasteiger partial charge in [0.2, 0.25) is 0 Å². The average Bonchev–Trinajstić information content (AvgIpc) is 2.27. The molecule has 2 N–H and O–H groups in total. The topological polar surface area (TPSA) is 79.3 Å². The number of amides is 1. The molecule has 0 aliphatic heterocycles. The molecule has 0 aliphatic rings. The number of carbonyl (C=O) groups excluding carboxylic acids is 1. The zero-order valence-corrected chi connectivity index (χ0v) is 10.9. The highest BCUT2D eigenvalue weighted by Gasteiger charge is 2.16. The second kappa shape index (κ2) is 6.34. The summed E-state index contributed by atoms with van der Waals surface area (Å²) in [5.41, 5.74) is 0.399. The molecule has 0 aromatic carbocycles. The third kappa shape index (κ3) is 4.14. The summed E-state index contributed by atoms with van der Waals surface area (Å²) < 4.78 is 0.447. The first-order valence-electron chi connectivity index (χ1n) is 5.17. The Morgan fingerprint density at radius 3 is 2.82 bits per heavy atom. The van der Waals surface area contributed by atoms with E-state index in [1.807, 2.05) is 6.92 Å². The van der Waals surface area contributed by atoms with Crippen molar-refractivity contribution < 1.29 is 14.7 Å². The molecule has 92 valence electrons. The number of aliphatic carboxylic acids is 1. The standard InChI is InChI=1S/C11H13BrN2O3/c1-2-7(6-9(15)16)14-11(17)8-4-3-5-13-10(8)12/h3-5,7H,2,6H2,1H3,(H,14,17)(H,15,16). The monoisotopic (exact) mass is 300 g/mol. The third-order valence-electron chi connectivity index (χ3n) is 2.25. The van der Waals surface area contributed by atoms with Gasteiger partial charge in [0.15, 0.2) is 0 Å². The molecule has 0 spiro atoms. The molecule has 1 heterocycles. The number of nitrogens with zero attached hydrogens (tertiary/aromatic N) is 1. The predicted molar refractivity (Wildman–Crippen MR) is 65.7 cm³/mol.